The zero-order valence-corrected chi connectivity index (χ0v) is 15.8. The summed E-state index contributed by atoms with van der Waals surface area (Å²) in [4.78, 5) is 8.80. The molecule has 0 saturated carbocycles. The number of hydrogen-bond donors (Lipinski definition) is 1. The zero-order chi connectivity index (χ0) is 20.2. The fourth-order valence-electron chi connectivity index (χ4n) is 2.89. The molecule has 4 aromatic rings. The van der Waals surface area contributed by atoms with E-state index >= 15 is 0 Å². The Morgan fingerprint density at radius 2 is 1.93 bits per heavy atom. The van der Waals surface area contributed by atoms with Crippen molar-refractivity contribution in [2.75, 3.05) is 0 Å². The van der Waals surface area contributed by atoms with Gasteiger partial charge in [-0.05, 0) is 42.0 Å². The first-order valence-electron chi connectivity index (χ1n) is 9.01. The van der Waals surface area contributed by atoms with E-state index in [1.807, 2.05) is 42.5 Å². The van der Waals surface area contributed by atoms with E-state index in [4.69, 9.17) is 10.5 Å². The third kappa shape index (κ3) is 3.83. The summed E-state index contributed by atoms with van der Waals surface area (Å²) in [5, 5.41) is 13.8. The Morgan fingerprint density at radius 1 is 1.03 bits per heavy atom. The van der Waals surface area contributed by atoms with Crippen molar-refractivity contribution in [1.29, 1.82) is 5.26 Å². The highest BCUT2D eigenvalue weighted by Gasteiger charge is 2.14. The zero-order valence-electron chi connectivity index (χ0n) is 15.8. The van der Waals surface area contributed by atoms with Crippen LogP contribution in [0.1, 0.15) is 11.1 Å². The van der Waals surface area contributed by atoms with Crippen molar-refractivity contribution in [2.24, 2.45) is 12.8 Å². The maximum atomic E-state index is 9.30. The minimum Gasteiger partial charge on any atom is -0.439 e. The van der Waals surface area contributed by atoms with Crippen LogP contribution in [0.2, 0.25) is 0 Å². The van der Waals surface area contributed by atoms with Gasteiger partial charge in [0.15, 0.2) is 0 Å². The first kappa shape index (κ1) is 18.3. The van der Waals surface area contributed by atoms with Crippen molar-refractivity contribution in [3.63, 3.8) is 0 Å². The second-order valence-electron chi connectivity index (χ2n) is 6.39. The molecule has 2 N–H and O–H groups in total. The SMILES string of the molecule is Cn1nc(-c2ccccn2)cc1Oc1cc(C#N)ccc1-c1ccc(CN)cn1. The third-order valence-corrected chi connectivity index (χ3v) is 4.43. The van der Waals surface area contributed by atoms with Gasteiger partial charge >= 0.3 is 0 Å². The molecule has 4 rings (SSSR count). The molecule has 0 unspecified atom stereocenters. The van der Waals surface area contributed by atoms with E-state index in [0.29, 0.717) is 29.4 Å². The molecule has 7 heteroatoms. The molecule has 0 saturated heterocycles. The first-order chi connectivity index (χ1) is 14.2. The minimum atomic E-state index is 0.426. The molecule has 0 aliphatic rings. The third-order valence-electron chi connectivity index (χ3n) is 4.43. The number of nitrogens with two attached hydrogens (primary N) is 1. The molecule has 0 spiro atoms. The number of pyridine rings is 2. The second kappa shape index (κ2) is 7.92. The van der Waals surface area contributed by atoms with Gasteiger partial charge in [0.1, 0.15) is 11.4 Å². The van der Waals surface area contributed by atoms with Crippen molar-refractivity contribution in [2.45, 2.75) is 6.54 Å². The summed E-state index contributed by atoms with van der Waals surface area (Å²) < 4.78 is 7.79. The van der Waals surface area contributed by atoms with Gasteiger partial charge < -0.3 is 10.5 Å². The Balaban J connectivity index is 1.73. The maximum Gasteiger partial charge on any atom is 0.218 e. The second-order valence-corrected chi connectivity index (χ2v) is 6.39. The minimum absolute atomic E-state index is 0.426. The van der Waals surface area contributed by atoms with Gasteiger partial charge in [0.2, 0.25) is 5.88 Å². The van der Waals surface area contributed by atoms with Crippen molar-refractivity contribution >= 4 is 0 Å². The Labute approximate surface area is 168 Å². The molecule has 0 amide bonds. The van der Waals surface area contributed by atoms with Crippen LogP contribution in [0.3, 0.4) is 0 Å². The Morgan fingerprint density at radius 3 is 2.62 bits per heavy atom. The van der Waals surface area contributed by atoms with Crippen molar-refractivity contribution < 1.29 is 4.74 Å². The summed E-state index contributed by atoms with van der Waals surface area (Å²) in [7, 11) is 1.80. The van der Waals surface area contributed by atoms with E-state index < -0.39 is 0 Å². The molecule has 0 bridgehead atoms. The molecule has 0 atom stereocenters. The molecule has 0 aliphatic heterocycles. The molecular formula is C22H18N6O. The van der Waals surface area contributed by atoms with Gasteiger partial charge in [-0.25, -0.2) is 4.68 Å². The average molecular weight is 382 g/mol. The predicted molar refractivity (Wildman–Crippen MR) is 109 cm³/mol. The largest absolute Gasteiger partial charge is 0.439 e. The van der Waals surface area contributed by atoms with Gasteiger partial charge in [-0.2, -0.15) is 10.4 Å². The number of benzene rings is 1. The van der Waals surface area contributed by atoms with Crippen molar-refractivity contribution in [3.05, 3.63) is 78.1 Å². The summed E-state index contributed by atoms with van der Waals surface area (Å²) >= 11 is 0. The Hall–Kier alpha value is -4.02. The van der Waals surface area contributed by atoms with Crippen LogP contribution < -0.4 is 10.5 Å². The monoisotopic (exact) mass is 382 g/mol. The van der Waals surface area contributed by atoms with Crippen LogP contribution in [0, 0.1) is 11.3 Å². The molecule has 142 valence electrons. The maximum absolute atomic E-state index is 9.30. The van der Waals surface area contributed by atoms with Gasteiger partial charge in [-0.15, -0.1) is 0 Å². The van der Waals surface area contributed by atoms with Crippen LogP contribution in [-0.2, 0) is 13.6 Å². The van der Waals surface area contributed by atoms with Crippen LogP contribution in [0.15, 0.2) is 67.0 Å². The molecule has 0 radical (unpaired) electrons. The first-order valence-corrected chi connectivity index (χ1v) is 9.01. The van der Waals surface area contributed by atoms with Gasteiger partial charge in [-0.1, -0.05) is 12.1 Å². The van der Waals surface area contributed by atoms with Gasteiger partial charge in [0.25, 0.3) is 0 Å². The molecule has 3 heterocycles. The molecule has 7 nitrogen and oxygen atoms in total. The van der Waals surface area contributed by atoms with Crippen LogP contribution in [0.5, 0.6) is 11.6 Å². The number of aryl methyl sites for hydroxylation is 1. The lowest BCUT2D eigenvalue weighted by molar-refractivity contribution is 0.432. The smallest absolute Gasteiger partial charge is 0.218 e. The summed E-state index contributed by atoms with van der Waals surface area (Å²) in [6.45, 7) is 0.426. The van der Waals surface area contributed by atoms with Crippen LogP contribution in [-0.4, -0.2) is 19.7 Å². The summed E-state index contributed by atoms with van der Waals surface area (Å²) in [6.07, 6.45) is 3.45. The van der Waals surface area contributed by atoms with E-state index in [0.717, 1.165) is 22.5 Å². The fraction of sp³-hybridized carbons (Fsp3) is 0.0909. The highest BCUT2D eigenvalue weighted by molar-refractivity contribution is 5.69. The van der Waals surface area contributed by atoms with E-state index in [1.165, 1.54) is 0 Å². The van der Waals surface area contributed by atoms with Crippen LogP contribution >= 0.6 is 0 Å². The highest BCUT2D eigenvalue weighted by atomic mass is 16.5. The van der Waals surface area contributed by atoms with E-state index in [9.17, 15) is 5.26 Å². The molecule has 1 aromatic carbocycles. The lowest BCUT2D eigenvalue weighted by Crippen LogP contribution is -1.99. The van der Waals surface area contributed by atoms with Gasteiger partial charge in [-0.3, -0.25) is 9.97 Å². The number of ether oxygens (including phenoxy) is 1. The summed E-state index contributed by atoms with van der Waals surface area (Å²) in [5.74, 6) is 1.05. The topological polar surface area (TPSA) is 103 Å². The summed E-state index contributed by atoms with van der Waals surface area (Å²) in [6, 6.07) is 18.7. The molecule has 3 aromatic heterocycles. The number of hydrogen-bond acceptors (Lipinski definition) is 6. The van der Waals surface area contributed by atoms with Gasteiger partial charge in [0, 0.05) is 37.6 Å². The van der Waals surface area contributed by atoms with Gasteiger partial charge in [0.05, 0.1) is 23.0 Å². The standard InChI is InChI=1S/C22H18N6O/c1-28-22(11-20(27-28)19-4-2-3-9-25-19)29-21-10-15(12-23)5-7-17(21)18-8-6-16(13-24)14-26-18/h2-11,14H,13,24H2,1H3. The lowest BCUT2D eigenvalue weighted by atomic mass is 10.1. The van der Waals surface area contributed by atoms with E-state index in [1.54, 1.807) is 36.3 Å². The predicted octanol–water partition coefficient (Wildman–Crippen LogP) is 3.67. The average Bonchev–Trinajstić information content (AvgIpc) is 3.14. The van der Waals surface area contributed by atoms with Crippen LogP contribution in [0.4, 0.5) is 0 Å². The Bertz CT molecular complexity index is 1180. The number of rotatable bonds is 5. The lowest BCUT2D eigenvalue weighted by Gasteiger charge is -2.11. The van der Waals surface area contributed by atoms with Crippen LogP contribution in [0.25, 0.3) is 22.6 Å². The number of nitrogens with zero attached hydrogens (tertiary/aromatic N) is 5. The molecule has 29 heavy (non-hydrogen) atoms. The number of aromatic nitrogens is 4. The van der Waals surface area contributed by atoms with Crippen molar-refractivity contribution in [1.82, 2.24) is 19.7 Å². The Kier molecular flexibility index (Phi) is 5.01. The summed E-state index contributed by atoms with van der Waals surface area (Å²) in [5.41, 5.74) is 10.1. The normalized spacial score (nSPS) is 10.5. The molecule has 0 fully saturated rings. The van der Waals surface area contributed by atoms with E-state index in [-0.39, 0.29) is 0 Å². The highest BCUT2D eigenvalue weighted by Crippen LogP contribution is 2.34. The fourth-order valence-corrected chi connectivity index (χ4v) is 2.89. The van der Waals surface area contributed by atoms with Crippen molar-refractivity contribution in [3.8, 4) is 40.3 Å². The molecule has 0 aliphatic carbocycles. The number of nitriles is 1. The molecular weight excluding hydrogens is 364 g/mol. The van der Waals surface area contributed by atoms with E-state index in [2.05, 4.69) is 21.1 Å². The quantitative estimate of drug-likeness (QED) is 0.565.